The monoisotopic (exact) mass is 310 g/mol. The van der Waals surface area contributed by atoms with Crippen LogP contribution in [0.3, 0.4) is 0 Å². The fourth-order valence-electron chi connectivity index (χ4n) is 2.52. The molecule has 0 saturated heterocycles. The summed E-state index contributed by atoms with van der Waals surface area (Å²) in [5, 5.41) is 9.60. The molecule has 1 aromatic heterocycles. The van der Waals surface area contributed by atoms with E-state index >= 15 is 0 Å². The van der Waals surface area contributed by atoms with Gasteiger partial charge in [0.05, 0.1) is 14.2 Å². The van der Waals surface area contributed by atoms with Crippen LogP contribution in [0.2, 0.25) is 0 Å². The maximum atomic E-state index is 9.60. The molecule has 0 radical (unpaired) electrons. The van der Waals surface area contributed by atoms with Gasteiger partial charge in [-0.05, 0) is 35.9 Å². The summed E-state index contributed by atoms with van der Waals surface area (Å²) in [5.41, 5.74) is 1.94. The third-order valence-corrected chi connectivity index (χ3v) is 3.62. The second-order valence-electron chi connectivity index (χ2n) is 5.12. The second kappa shape index (κ2) is 6.44. The van der Waals surface area contributed by atoms with E-state index in [0.29, 0.717) is 18.0 Å². The fourth-order valence-corrected chi connectivity index (χ4v) is 2.52. The van der Waals surface area contributed by atoms with Crippen LogP contribution in [0.15, 0.2) is 54.9 Å². The molecule has 0 atom stereocenters. The number of rotatable bonds is 5. The topological polar surface area (TPSA) is 56.5 Å². The Bertz CT molecular complexity index is 812. The van der Waals surface area contributed by atoms with Crippen molar-refractivity contribution in [3.63, 3.8) is 0 Å². The lowest BCUT2D eigenvalue weighted by atomic mass is 10.1. The number of ether oxygens (including phenoxy) is 2. The number of methoxy groups -OCH3 is 2. The number of nitrogens with zero attached hydrogens (tertiary/aromatic N) is 2. The normalized spacial score (nSPS) is 10.5. The summed E-state index contributed by atoms with van der Waals surface area (Å²) >= 11 is 0. The van der Waals surface area contributed by atoms with Crippen molar-refractivity contribution in [1.29, 1.82) is 0 Å². The van der Waals surface area contributed by atoms with Gasteiger partial charge in [-0.25, -0.2) is 4.98 Å². The van der Waals surface area contributed by atoms with Crippen molar-refractivity contribution >= 4 is 0 Å². The van der Waals surface area contributed by atoms with Crippen LogP contribution in [-0.4, -0.2) is 28.9 Å². The Morgan fingerprint density at radius 3 is 2.61 bits per heavy atom. The molecule has 3 rings (SSSR count). The summed E-state index contributed by atoms with van der Waals surface area (Å²) in [6, 6.07) is 12.9. The number of aromatic nitrogens is 2. The molecule has 0 bridgehead atoms. The zero-order valence-electron chi connectivity index (χ0n) is 13.1. The number of aromatic hydroxyl groups is 1. The first kappa shape index (κ1) is 15.0. The zero-order valence-corrected chi connectivity index (χ0v) is 13.1. The minimum absolute atomic E-state index is 0.260. The first-order chi connectivity index (χ1) is 11.2. The molecule has 23 heavy (non-hydrogen) atoms. The number of phenols is 1. The molecule has 0 aliphatic heterocycles. The highest BCUT2D eigenvalue weighted by Crippen LogP contribution is 2.31. The molecule has 5 heteroatoms. The molecule has 0 saturated carbocycles. The van der Waals surface area contributed by atoms with Gasteiger partial charge in [0, 0.05) is 24.5 Å². The van der Waals surface area contributed by atoms with Gasteiger partial charge in [0.1, 0.15) is 11.6 Å². The molecule has 5 nitrogen and oxygen atoms in total. The Morgan fingerprint density at radius 1 is 1.04 bits per heavy atom. The van der Waals surface area contributed by atoms with E-state index in [2.05, 4.69) is 4.98 Å². The molecule has 1 N–H and O–H groups in total. The van der Waals surface area contributed by atoms with E-state index in [1.54, 1.807) is 32.5 Å². The van der Waals surface area contributed by atoms with Crippen molar-refractivity contribution in [2.24, 2.45) is 0 Å². The van der Waals surface area contributed by atoms with Crippen molar-refractivity contribution < 1.29 is 14.6 Å². The lowest BCUT2D eigenvalue weighted by Gasteiger charge is -2.11. The number of imidazole rings is 1. The standard InChI is InChI=1S/C18H18N2O3/c1-22-16-7-6-14(11-17(16)23-2)18-19-8-9-20(18)12-13-4-3-5-15(21)10-13/h3-11,21H,12H2,1-2H3. The largest absolute Gasteiger partial charge is 0.508 e. The first-order valence-corrected chi connectivity index (χ1v) is 7.22. The van der Waals surface area contributed by atoms with Gasteiger partial charge in [-0.15, -0.1) is 0 Å². The summed E-state index contributed by atoms with van der Waals surface area (Å²) in [7, 11) is 3.22. The minimum atomic E-state index is 0.260. The summed E-state index contributed by atoms with van der Waals surface area (Å²) < 4.78 is 12.6. The molecule has 0 amide bonds. The molecule has 0 aliphatic carbocycles. The maximum absolute atomic E-state index is 9.60. The van der Waals surface area contributed by atoms with Crippen LogP contribution >= 0.6 is 0 Å². The predicted octanol–water partition coefficient (Wildman–Crippen LogP) is 3.32. The molecule has 0 spiro atoms. The molecular weight excluding hydrogens is 292 g/mol. The van der Waals surface area contributed by atoms with Crippen LogP contribution < -0.4 is 9.47 Å². The van der Waals surface area contributed by atoms with Gasteiger partial charge in [0.2, 0.25) is 0 Å². The molecular formula is C18H18N2O3. The van der Waals surface area contributed by atoms with Crippen molar-refractivity contribution in [2.45, 2.75) is 6.54 Å². The highest BCUT2D eigenvalue weighted by Gasteiger charge is 2.11. The van der Waals surface area contributed by atoms with Crippen LogP contribution in [0.5, 0.6) is 17.2 Å². The predicted molar refractivity (Wildman–Crippen MR) is 88.0 cm³/mol. The Morgan fingerprint density at radius 2 is 1.87 bits per heavy atom. The minimum Gasteiger partial charge on any atom is -0.508 e. The second-order valence-corrected chi connectivity index (χ2v) is 5.12. The van der Waals surface area contributed by atoms with Gasteiger partial charge in [-0.3, -0.25) is 0 Å². The average Bonchev–Trinajstić information content (AvgIpc) is 3.02. The molecule has 3 aromatic rings. The van der Waals surface area contributed by atoms with Gasteiger partial charge in [0.15, 0.2) is 11.5 Å². The van der Waals surface area contributed by atoms with E-state index in [1.807, 2.05) is 41.1 Å². The number of benzene rings is 2. The molecule has 0 fully saturated rings. The van der Waals surface area contributed by atoms with E-state index in [9.17, 15) is 5.11 Å². The molecule has 0 aliphatic rings. The number of phenolic OH excluding ortho intramolecular Hbond substituents is 1. The lowest BCUT2D eigenvalue weighted by Crippen LogP contribution is -2.01. The van der Waals surface area contributed by atoms with Crippen molar-refractivity contribution in [2.75, 3.05) is 14.2 Å². The van der Waals surface area contributed by atoms with E-state index in [-0.39, 0.29) is 5.75 Å². The average molecular weight is 310 g/mol. The molecule has 118 valence electrons. The van der Waals surface area contributed by atoms with E-state index in [4.69, 9.17) is 9.47 Å². The lowest BCUT2D eigenvalue weighted by molar-refractivity contribution is 0.355. The van der Waals surface area contributed by atoms with Gasteiger partial charge < -0.3 is 19.1 Å². The van der Waals surface area contributed by atoms with Crippen LogP contribution in [0, 0.1) is 0 Å². The molecule has 2 aromatic carbocycles. The van der Waals surface area contributed by atoms with Crippen molar-refractivity contribution in [3.8, 4) is 28.6 Å². The van der Waals surface area contributed by atoms with Crippen molar-refractivity contribution in [3.05, 3.63) is 60.4 Å². The van der Waals surface area contributed by atoms with Gasteiger partial charge in [0.25, 0.3) is 0 Å². The summed E-state index contributed by atoms with van der Waals surface area (Å²) in [5.74, 6) is 2.43. The van der Waals surface area contributed by atoms with E-state index in [0.717, 1.165) is 17.0 Å². The summed E-state index contributed by atoms with van der Waals surface area (Å²) in [6.45, 7) is 0.623. The molecule has 0 unspecified atom stereocenters. The van der Waals surface area contributed by atoms with Crippen LogP contribution in [0.25, 0.3) is 11.4 Å². The third-order valence-electron chi connectivity index (χ3n) is 3.62. The fraction of sp³-hybridized carbons (Fsp3) is 0.167. The van der Waals surface area contributed by atoms with Crippen LogP contribution in [0.4, 0.5) is 0 Å². The maximum Gasteiger partial charge on any atom is 0.161 e. The van der Waals surface area contributed by atoms with Gasteiger partial charge >= 0.3 is 0 Å². The van der Waals surface area contributed by atoms with Crippen molar-refractivity contribution in [1.82, 2.24) is 9.55 Å². The van der Waals surface area contributed by atoms with Crippen LogP contribution in [0.1, 0.15) is 5.56 Å². The van der Waals surface area contributed by atoms with E-state index in [1.165, 1.54) is 0 Å². The quantitative estimate of drug-likeness (QED) is 0.785. The summed E-state index contributed by atoms with van der Waals surface area (Å²) in [6.07, 6.45) is 3.67. The third kappa shape index (κ3) is 3.13. The summed E-state index contributed by atoms with van der Waals surface area (Å²) in [4.78, 5) is 4.44. The highest BCUT2D eigenvalue weighted by atomic mass is 16.5. The Labute approximate surface area is 134 Å². The number of hydrogen-bond acceptors (Lipinski definition) is 4. The Kier molecular flexibility index (Phi) is 4.19. The van der Waals surface area contributed by atoms with E-state index < -0.39 is 0 Å². The van der Waals surface area contributed by atoms with Gasteiger partial charge in [-0.2, -0.15) is 0 Å². The first-order valence-electron chi connectivity index (χ1n) is 7.22. The SMILES string of the molecule is COc1ccc(-c2nccn2Cc2cccc(O)c2)cc1OC. The smallest absolute Gasteiger partial charge is 0.161 e. The zero-order chi connectivity index (χ0) is 16.2. The Balaban J connectivity index is 1.94. The number of hydrogen-bond donors (Lipinski definition) is 1. The molecule has 1 heterocycles. The highest BCUT2D eigenvalue weighted by molar-refractivity contribution is 5.61. The Hall–Kier alpha value is -2.95. The van der Waals surface area contributed by atoms with Crippen LogP contribution in [-0.2, 0) is 6.54 Å². The van der Waals surface area contributed by atoms with Gasteiger partial charge in [-0.1, -0.05) is 12.1 Å².